The fraction of sp³-hybridized carbons (Fsp3) is 0.250. The number of rotatable bonds is 10. The number of thioether (sulfide) groups is 1. The van der Waals surface area contributed by atoms with Gasteiger partial charge in [0.25, 0.3) is 0 Å². The summed E-state index contributed by atoms with van der Waals surface area (Å²) in [5.41, 5.74) is 10.8. The van der Waals surface area contributed by atoms with Gasteiger partial charge in [-0.15, -0.1) is 23.1 Å². The van der Waals surface area contributed by atoms with Gasteiger partial charge in [0.05, 0.1) is 27.2 Å². The Kier molecular flexibility index (Phi) is 9.10. The third-order valence-electron chi connectivity index (χ3n) is 2.88. The zero-order chi connectivity index (χ0) is 17.9. The standard InChI is InChI=1S/C16H23N5OS2/c1-11(5-6-14(7-17)8-20-22)19-10-23-9-15(18-4)16-12(2)21-13(3)24-16/h5-7,9,19-20,22H,1,4,8,10,17H2,2-3H3/b6-5-,14-7+,15-9-. The minimum absolute atomic E-state index is 0.278. The number of hydrogen-bond donors (Lipinski definition) is 4. The summed E-state index contributed by atoms with van der Waals surface area (Å²) in [7, 11) is 0. The fourth-order valence-electron chi connectivity index (χ4n) is 1.72. The lowest BCUT2D eigenvalue weighted by atomic mass is 10.2. The van der Waals surface area contributed by atoms with Crippen molar-refractivity contribution in [3.8, 4) is 0 Å². The second-order valence-electron chi connectivity index (χ2n) is 4.73. The predicted molar refractivity (Wildman–Crippen MR) is 105 cm³/mol. The number of nitrogens with one attached hydrogen (secondary N) is 2. The third kappa shape index (κ3) is 6.71. The summed E-state index contributed by atoms with van der Waals surface area (Å²) in [4.78, 5) is 9.53. The van der Waals surface area contributed by atoms with Crippen LogP contribution in [0.3, 0.4) is 0 Å². The number of hydrogen-bond acceptors (Lipinski definition) is 8. The monoisotopic (exact) mass is 365 g/mol. The topological polar surface area (TPSA) is 95.6 Å². The maximum Gasteiger partial charge on any atom is 0.0904 e. The molecule has 0 aliphatic heterocycles. The molecular weight excluding hydrogens is 342 g/mol. The molecule has 0 radical (unpaired) electrons. The van der Waals surface area contributed by atoms with E-state index in [-0.39, 0.29) is 6.54 Å². The molecule has 6 nitrogen and oxygen atoms in total. The van der Waals surface area contributed by atoms with Gasteiger partial charge >= 0.3 is 0 Å². The average Bonchev–Trinajstić information content (AvgIpc) is 2.89. The molecule has 0 fully saturated rings. The maximum atomic E-state index is 8.65. The zero-order valence-electron chi connectivity index (χ0n) is 13.9. The summed E-state index contributed by atoms with van der Waals surface area (Å²) in [5.74, 6) is 0.638. The molecule has 0 amide bonds. The van der Waals surface area contributed by atoms with E-state index < -0.39 is 0 Å². The number of aryl methyl sites for hydroxylation is 2. The molecule has 0 bridgehead atoms. The Balaban J connectivity index is 2.51. The molecule has 1 aromatic rings. The largest absolute Gasteiger partial charge is 0.404 e. The van der Waals surface area contributed by atoms with Crippen molar-refractivity contribution in [1.29, 1.82) is 0 Å². The number of thiazole rings is 1. The Hall–Kier alpha value is -1.87. The molecule has 130 valence electrons. The van der Waals surface area contributed by atoms with E-state index in [1.165, 1.54) is 6.20 Å². The summed E-state index contributed by atoms with van der Waals surface area (Å²) in [6, 6.07) is 0. The van der Waals surface area contributed by atoms with Crippen molar-refractivity contribution in [3.05, 3.63) is 57.2 Å². The molecule has 5 N–H and O–H groups in total. The van der Waals surface area contributed by atoms with E-state index in [4.69, 9.17) is 10.9 Å². The van der Waals surface area contributed by atoms with Crippen molar-refractivity contribution in [2.75, 3.05) is 12.4 Å². The molecule has 0 aromatic carbocycles. The van der Waals surface area contributed by atoms with Crippen LogP contribution in [0.5, 0.6) is 0 Å². The molecule has 8 heteroatoms. The first kappa shape index (κ1) is 20.2. The van der Waals surface area contributed by atoms with Gasteiger partial charge in [-0.25, -0.2) is 10.5 Å². The first-order chi connectivity index (χ1) is 11.5. The number of aromatic nitrogens is 1. The number of nitrogens with zero attached hydrogens (tertiary/aromatic N) is 2. The molecule has 24 heavy (non-hydrogen) atoms. The molecule has 0 unspecified atom stereocenters. The van der Waals surface area contributed by atoms with E-state index in [1.807, 2.05) is 19.3 Å². The summed E-state index contributed by atoms with van der Waals surface area (Å²) >= 11 is 3.17. The van der Waals surface area contributed by atoms with E-state index in [0.29, 0.717) is 5.88 Å². The molecule has 1 rings (SSSR count). The van der Waals surface area contributed by atoms with Crippen LogP contribution in [0.15, 0.2) is 46.6 Å². The SMILES string of the molecule is C=N/C(=C\SCNC(=C)/C=C\C(=C/N)CNO)c1sc(C)nc1C. The van der Waals surface area contributed by atoms with Gasteiger partial charge in [-0.05, 0) is 43.8 Å². The lowest BCUT2D eigenvalue weighted by molar-refractivity contribution is 0.177. The molecule has 0 aliphatic carbocycles. The van der Waals surface area contributed by atoms with Crippen molar-refractivity contribution < 1.29 is 5.21 Å². The van der Waals surface area contributed by atoms with Gasteiger partial charge in [-0.3, -0.25) is 4.99 Å². The van der Waals surface area contributed by atoms with E-state index in [0.717, 1.165) is 32.5 Å². The van der Waals surface area contributed by atoms with Crippen LogP contribution < -0.4 is 16.5 Å². The Morgan fingerprint density at radius 1 is 1.46 bits per heavy atom. The van der Waals surface area contributed by atoms with Gasteiger partial charge in [0.1, 0.15) is 0 Å². The van der Waals surface area contributed by atoms with E-state index >= 15 is 0 Å². The highest BCUT2D eigenvalue weighted by molar-refractivity contribution is 8.02. The van der Waals surface area contributed by atoms with Gasteiger partial charge in [0, 0.05) is 12.2 Å². The van der Waals surface area contributed by atoms with Crippen LogP contribution in [0.2, 0.25) is 0 Å². The molecular formula is C16H23N5OS2. The van der Waals surface area contributed by atoms with Gasteiger partial charge in [-0.1, -0.05) is 12.7 Å². The van der Waals surface area contributed by atoms with Crippen molar-refractivity contribution in [2.45, 2.75) is 13.8 Å². The Labute approximate surface area is 150 Å². The highest BCUT2D eigenvalue weighted by Gasteiger charge is 2.08. The minimum atomic E-state index is 0.278. The van der Waals surface area contributed by atoms with Gasteiger partial charge in [0.15, 0.2) is 0 Å². The van der Waals surface area contributed by atoms with Crippen LogP contribution in [0, 0.1) is 13.8 Å². The highest BCUT2D eigenvalue weighted by atomic mass is 32.2. The number of aliphatic imine (C=N–C) groups is 1. The first-order valence-corrected chi connectivity index (χ1v) is 8.99. The lowest BCUT2D eigenvalue weighted by Gasteiger charge is -2.05. The van der Waals surface area contributed by atoms with Crippen molar-refractivity contribution in [2.24, 2.45) is 10.7 Å². The van der Waals surface area contributed by atoms with Crippen LogP contribution in [-0.2, 0) is 0 Å². The third-order valence-corrected chi connectivity index (χ3v) is 4.68. The van der Waals surface area contributed by atoms with E-state index in [1.54, 1.807) is 35.3 Å². The Morgan fingerprint density at radius 2 is 2.21 bits per heavy atom. The summed E-state index contributed by atoms with van der Waals surface area (Å²) in [6.07, 6.45) is 4.99. The minimum Gasteiger partial charge on any atom is -0.404 e. The highest BCUT2D eigenvalue weighted by Crippen LogP contribution is 2.28. The van der Waals surface area contributed by atoms with Crippen molar-refractivity contribution >= 4 is 35.5 Å². The molecule has 1 heterocycles. The van der Waals surface area contributed by atoms with Crippen LogP contribution in [0.1, 0.15) is 15.6 Å². The smallest absolute Gasteiger partial charge is 0.0904 e. The summed E-state index contributed by atoms with van der Waals surface area (Å²) < 4.78 is 0. The van der Waals surface area contributed by atoms with Crippen molar-refractivity contribution in [1.82, 2.24) is 15.8 Å². The van der Waals surface area contributed by atoms with Crippen LogP contribution in [0.25, 0.3) is 5.70 Å². The average molecular weight is 366 g/mol. The summed E-state index contributed by atoms with van der Waals surface area (Å²) in [6.45, 7) is 11.8. The first-order valence-electron chi connectivity index (χ1n) is 7.13. The number of nitrogens with two attached hydrogens (primary N) is 1. The molecule has 0 spiro atoms. The molecule has 1 aromatic heterocycles. The fourth-order valence-corrected chi connectivity index (χ4v) is 3.39. The lowest BCUT2D eigenvalue weighted by Crippen LogP contribution is -2.12. The van der Waals surface area contributed by atoms with E-state index in [9.17, 15) is 0 Å². The van der Waals surface area contributed by atoms with Crippen LogP contribution >= 0.6 is 23.1 Å². The van der Waals surface area contributed by atoms with Gasteiger partial charge < -0.3 is 16.3 Å². The van der Waals surface area contributed by atoms with Crippen LogP contribution in [0.4, 0.5) is 0 Å². The predicted octanol–water partition coefficient (Wildman–Crippen LogP) is 2.93. The second-order valence-corrected chi connectivity index (χ2v) is 6.79. The van der Waals surface area contributed by atoms with Gasteiger partial charge in [0.2, 0.25) is 0 Å². The maximum absolute atomic E-state index is 8.65. The molecule has 0 saturated heterocycles. The number of hydroxylamine groups is 1. The van der Waals surface area contributed by atoms with E-state index in [2.05, 4.69) is 34.1 Å². The Bertz CT molecular complexity index is 661. The van der Waals surface area contributed by atoms with Crippen molar-refractivity contribution in [3.63, 3.8) is 0 Å². The second kappa shape index (κ2) is 10.8. The zero-order valence-corrected chi connectivity index (χ0v) is 15.5. The Morgan fingerprint density at radius 3 is 2.75 bits per heavy atom. The molecule has 0 saturated carbocycles. The molecule has 0 atom stereocenters. The van der Waals surface area contributed by atoms with Crippen LogP contribution in [-0.4, -0.2) is 29.3 Å². The summed E-state index contributed by atoms with van der Waals surface area (Å²) in [5, 5.41) is 14.8. The normalized spacial score (nSPS) is 12.6. The number of allylic oxidation sites excluding steroid dienone is 1. The van der Waals surface area contributed by atoms with Gasteiger partial charge in [-0.2, -0.15) is 0 Å². The molecule has 0 aliphatic rings. The quantitative estimate of drug-likeness (QED) is 0.167.